The first-order chi connectivity index (χ1) is 8.50. The standard InChI is InChI=1S/C13H9F3OS/c14-18(15,16)12-9-5-4-8-11(12)13(17)10-6-2-1-3-7-10/h1-9H. The van der Waals surface area contributed by atoms with Crippen LogP contribution < -0.4 is 0 Å². The first kappa shape index (κ1) is 12.7. The SMILES string of the molecule is O=C(c1ccccc1)c1ccccc1S(F)(F)F. The number of rotatable bonds is 3. The fraction of sp³-hybridized carbons (Fsp3) is 0. The minimum Gasteiger partial charge on any atom is -0.289 e. The predicted molar refractivity (Wildman–Crippen MR) is 65.5 cm³/mol. The third kappa shape index (κ3) is 2.56. The van der Waals surface area contributed by atoms with Gasteiger partial charge in [0.2, 0.25) is 11.2 Å². The molecule has 2 aromatic rings. The Bertz CT molecular complexity index is 564. The summed E-state index contributed by atoms with van der Waals surface area (Å²) in [5.74, 6) is -0.601. The van der Waals surface area contributed by atoms with Crippen LogP contribution in [0.1, 0.15) is 15.9 Å². The van der Waals surface area contributed by atoms with Gasteiger partial charge in [-0.3, -0.25) is 4.79 Å². The maximum absolute atomic E-state index is 12.9. The number of hydrogen-bond donors (Lipinski definition) is 0. The summed E-state index contributed by atoms with van der Waals surface area (Å²) >= 11 is -5.41. The van der Waals surface area contributed by atoms with Gasteiger partial charge in [-0.05, 0) is 12.1 Å². The van der Waals surface area contributed by atoms with Crippen LogP contribution in [0.25, 0.3) is 0 Å². The Labute approximate surface area is 104 Å². The van der Waals surface area contributed by atoms with E-state index in [-0.39, 0.29) is 11.1 Å². The van der Waals surface area contributed by atoms with E-state index in [1.807, 2.05) is 0 Å². The summed E-state index contributed by atoms with van der Waals surface area (Å²) in [7, 11) is 0. The molecule has 0 aliphatic carbocycles. The molecule has 2 aromatic carbocycles. The molecule has 0 saturated carbocycles. The molecule has 5 heteroatoms. The quantitative estimate of drug-likeness (QED) is 0.736. The second-order valence-corrected chi connectivity index (χ2v) is 4.85. The number of carbonyl (C=O) groups excluding carboxylic acids is 1. The summed E-state index contributed by atoms with van der Waals surface area (Å²) < 4.78 is 38.6. The minimum absolute atomic E-state index is 0.258. The summed E-state index contributed by atoms with van der Waals surface area (Å²) in [6.45, 7) is 0. The van der Waals surface area contributed by atoms with Crippen LogP contribution in [0, 0.1) is 0 Å². The highest BCUT2D eigenvalue weighted by Crippen LogP contribution is 2.61. The van der Waals surface area contributed by atoms with Crippen molar-refractivity contribution in [3.63, 3.8) is 0 Å². The van der Waals surface area contributed by atoms with Crippen molar-refractivity contribution in [3.05, 3.63) is 65.7 Å². The smallest absolute Gasteiger partial charge is 0.238 e. The van der Waals surface area contributed by atoms with Crippen LogP contribution in [-0.4, -0.2) is 5.78 Å². The zero-order valence-corrected chi connectivity index (χ0v) is 9.96. The van der Waals surface area contributed by atoms with E-state index in [1.54, 1.807) is 18.2 Å². The van der Waals surface area contributed by atoms with Crippen LogP contribution in [0.2, 0.25) is 0 Å². The second-order valence-electron chi connectivity index (χ2n) is 3.60. The van der Waals surface area contributed by atoms with Gasteiger partial charge in [0.25, 0.3) is 0 Å². The van der Waals surface area contributed by atoms with Gasteiger partial charge in [0, 0.05) is 11.1 Å². The Morgan fingerprint density at radius 1 is 0.833 bits per heavy atom. The van der Waals surface area contributed by atoms with Gasteiger partial charge in [-0.1, -0.05) is 42.5 Å². The summed E-state index contributed by atoms with van der Waals surface area (Å²) in [6, 6.07) is 12.8. The van der Waals surface area contributed by atoms with E-state index in [1.165, 1.54) is 30.3 Å². The highest BCUT2D eigenvalue weighted by atomic mass is 32.3. The Morgan fingerprint density at radius 2 is 1.39 bits per heavy atom. The molecule has 0 fully saturated rings. The van der Waals surface area contributed by atoms with Crippen molar-refractivity contribution in [2.45, 2.75) is 4.90 Å². The van der Waals surface area contributed by atoms with Gasteiger partial charge in [0.05, 0.1) is 4.90 Å². The van der Waals surface area contributed by atoms with Gasteiger partial charge in [-0.25, -0.2) is 0 Å². The number of hydrogen-bond acceptors (Lipinski definition) is 1. The van der Waals surface area contributed by atoms with Gasteiger partial charge >= 0.3 is 0 Å². The monoisotopic (exact) mass is 270 g/mol. The average Bonchev–Trinajstić information content (AvgIpc) is 2.38. The molecule has 94 valence electrons. The van der Waals surface area contributed by atoms with Gasteiger partial charge in [0.15, 0.2) is 5.78 Å². The molecular weight excluding hydrogens is 261 g/mol. The Hall–Kier alpha value is -1.75. The van der Waals surface area contributed by atoms with E-state index < -0.39 is 21.9 Å². The van der Waals surface area contributed by atoms with Gasteiger partial charge in [-0.15, -0.1) is 11.7 Å². The largest absolute Gasteiger partial charge is 0.289 e. The molecule has 0 unspecified atom stereocenters. The van der Waals surface area contributed by atoms with Crippen LogP contribution in [-0.2, 0) is 0 Å². The van der Waals surface area contributed by atoms with Gasteiger partial charge in [-0.2, -0.15) is 0 Å². The molecular formula is C13H9F3OS. The lowest BCUT2D eigenvalue weighted by Gasteiger charge is -2.14. The molecule has 0 amide bonds. The highest BCUT2D eigenvalue weighted by molar-refractivity contribution is 8.21. The van der Waals surface area contributed by atoms with E-state index in [4.69, 9.17) is 0 Å². The maximum atomic E-state index is 12.9. The third-order valence-electron chi connectivity index (χ3n) is 2.42. The number of halogens is 3. The zero-order valence-electron chi connectivity index (χ0n) is 9.15. The van der Waals surface area contributed by atoms with Crippen molar-refractivity contribution < 1.29 is 16.5 Å². The van der Waals surface area contributed by atoms with E-state index in [9.17, 15) is 16.5 Å². The van der Waals surface area contributed by atoms with Crippen molar-refractivity contribution in [2.24, 2.45) is 0 Å². The Morgan fingerprint density at radius 3 is 2.00 bits per heavy atom. The molecule has 0 aliphatic rings. The van der Waals surface area contributed by atoms with Crippen molar-refractivity contribution in [1.82, 2.24) is 0 Å². The molecule has 0 N–H and O–H groups in total. The number of carbonyl (C=O) groups is 1. The minimum atomic E-state index is -5.41. The van der Waals surface area contributed by atoms with Gasteiger partial charge in [0.1, 0.15) is 0 Å². The highest BCUT2D eigenvalue weighted by Gasteiger charge is 2.29. The Balaban J connectivity index is 2.50. The lowest BCUT2D eigenvalue weighted by atomic mass is 10.0. The lowest BCUT2D eigenvalue weighted by Crippen LogP contribution is -2.04. The van der Waals surface area contributed by atoms with Crippen LogP contribution in [0.4, 0.5) is 11.7 Å². The predicted octanol–water partition coefficient (Wildman–Crippen LogP) is 4.73. The zero-order chi connectivity index (χ0) is 13.2. The van der Waals surface area contributed by atoms with E-state index in [2.05, 4.69) is 0 Å². The lowest BCUT2D eigenvalue weighted by molar-refractivity contribution is 0.103. The molecule has 0 radical (unpaired) electrons. The van der Waals surface area contributed by atoms with Crippen molar-refractivity contribution in [3.8, 4) is 0 Å². The molecule has 0 heterocycles. The molecule has 18 heavy (non-hydrogen) atoms. The Kier molecular flexibility index (Phi) is 3.43. The van der Waals surface area contributed by atoms with Crippen LogP contribution in [0.15, 0.2) is 59.5 Å². The summed E-state index contributed by atoms with van der Waals surface area (Å²) in [5.41, 5.74) is -0.0280. The molecule has 0 aromatic heterocycles. The molecule has 1 nitrogen and oxygen atoms in total. The summed E-state index contributed by atoms with van der Waals surface area (Å²) in [4.78, 5) is 11.2. The molecule has 0 spiro atoms. The van der Waals surface area contributed by atoms with Crippen LogP contribution in [0.5, 0.6) is 0 Å². The van der Waals surface area contributed by atoms with E-state index in [0.29, 0.717) is 0 Å². The molecule has 0 saturated heterocycles. The van der Waals surface area contributed by atoms with E-state index >= 15 is 0 Å². The first-order valence-corrected chi connectivity index (χ1v) is 6.44. The fourth-order valence-corrected chi connectivity index (χ4v) is 2.24. The molecule has 0 atom stereocenters. The first-order valence-electron chi connectivity index (χ1n) is 5.11. The molecule has 0 aliphatic heterocycles. The summed E-state index contributed by atoms with van der Waals surface area (Å²) in [5, 5.41) is 0. The molecule has 2 rings (SSSR count). The number of ketones is 1. The van der Waals surface area contributed by atoms with Gasteiger partial charge < -0.3 is 0 Å². The maximum Gasteiger partial charge on any atom is 0.238 e. The average molecular weight is 270 g/mol. The molecule has 0 bridgehead atoms. The van der Waals surface area contributed by atoms with Crippen molar-refractivity contribution in [2.75, 3.05) is 0 Å². The van der Waals surface area contributed by atoms with Crippen LogP contribution in [0.3, 0.4) is 0 Å². The normalized spacial score (nSPS) is 12.2. The fourth-order valence-electron chi connectivity index (χ4n) is 1.60. The number of benzene rings is 2. The summed E-state index contributed by atoms with van der Waals surface area (Å²) in [6.07, 6.45) is 0. The third-order valence-corrected chi connectivity index (χ3v) is 3.27. The topological polar surface area (TPSA) is 17.1 Å². The van der Waals surface area contributed by atoms with Crippen LogP contribution >= 0.6 is 11.2 Å². The van der Waals surface area contributed by atoms with E-state index in [0.717, 1.165) is 6.07 Å². The second kappa shape index (κ2) is 4.86. The van der Waals surface area contributed by atoms with Crippen molar-refractivity contribution >= 4 is 17.0 Å². The van der Waals surface area contributed by atoms with Crippen molar-refractivity contribution in [1.29, 1.82) is 0 Å².